The summed E-state index contributed by atoms with van der Waals surface area (Å²) in [6, 6.07) is 10.2. The summed E-state index contributed by atoms with van der Waals surface area (Å²) in [5, 5.41) is 5.76. The molecular weight excluding hydrogens is 282 g/mol. The van der Waals surface area contributed by atoms with Crippen molar-refractivity contribution in [2.75, 3.05) is 13.2 Å². The van der Waals surface area contributed by atoms with Crippen molar-refractivity contribution in [2.45, 2.75) is 32.4 Å². The number of fused-ring (bicyclic) bond motifs is 1. The maximum Gasteiger partial charge on any atom is 0.161 e. The van der Waals surface area contributed by atoms with Gasteiger partial charge in [-0.05, 0) is 49.0 Å². The molecule has 1 aromatic carbocycles. The molecule has 1 aliphatic heterocycles. The molecule has 0 bridgehead atoms. The van der Waals surface area contributed by atoms with Gasteiger partial charge < -0.3 is 14.8 Å². The quantitative estimate of drug-likeness (QED) is 0.907. The Morgan fingerprint density at radius 2 is 2.10 bits per heavy atom. The molecule has 1 N–H and O–H groups in total. The molecule has 21 heavy (non-hydrogen) atoms. The number of ether oxygens (including phenoxy) is 2. The summed E-state index contributed by atoms with van der Waals surface area (Å²) in [4.78, 5) is 1.34. The van der Waals surface area contributed by atoms with E-state index in [-0.39, 0.29) is 12.1 Å². The van der Waals surface area contributed by atoms with E-state index in [0.717, 1.165) is 24.5 Å². The van der Waals surface area contributed by atoms with Crippen LogP contribution in [0.2, 0.25) is 0 Å². The third-order valence-corrected chi connectivity index (χ3v) is 4.80. The van der Waals surface area contributed by atoms with E-state index in [1.807, 2.05) is 24.3 Å². The van der Waals surface area contributed by atoms with E-state index in [4.69, 9.17) is 9.47 Å². The zero-order valence-corrected chi connectivity index (χ0v) is 13.3. The van der Waals surface area contributed by atoms with Crippen molar-refractivity contribution < 1.29 is 9.47 Å². The van der Waals surface area contributed by atoms with Crippen LogP contribution in [0.5, 0.6) is 11.5 Å². The minimum atomic E-state index is 0.00352. The Bertz CT molecular complexity index is 596. The molecule has 4 heteroatoms. The molecule has 3 nitrogen and oxygen atoms in total. The smallest absolute Gasteiger partial charge is 0.161 e. The van der Waals surface area contributed by atoms with Crippen molar-refractivity contribution in [1.29, 1.82) is 0 Å². The van der Waals surface area contributed by atoms with Crippen molar-refractivity contribution >= 4 is 11.3 Å². The zero-order valence-electron chi connectivity index (χ0n) is 12.5. The molecular formula is C17H21NO2S. The van der Waals surface area contributed by atoms with Crippen molar-refractivity contribution in [1.82, 2.24) is 5.32 Å². The number of benzene rings is 1. The van der Waals surface area contributed by atoms with Crippen LogP contribution in [0.15, 0.2) is 35.7 Å². The van der Waals surface area contributed by atoms with Crippen molar-refractivity contribution in [3.8, 4) is 11.5 Å². The van der Waals surface area contributed by atoms with Gasteiger partial charge in [-0.2, -0.15) is 0 Å². The second-order valence-corrected chi connectivity index (χ2v) is 6.26. The van der Waals surface area contributed by atoms with Crippen LogP contribution in [0.4, 0.5) is 0 Å². The van der Waals surface area contributed by atoms with E-state index in [2.05, 4.69) is 30.6 Å². The van der Waals surface area contributed by atoms with E-state index in [1.54, 1.807) is 11.3 Å². The highest BCUT2D eigenvalue weighted by Gasteiger charge is 2.31. The summed E-state index contributed by atoms with van der Waals surface area (Å²) < 4.78 is 12.1. The first kappa shape index (κ1) is 14.4. The first-order valence-electron chi connectivity index (χ1n) is 7.45. The van der Waals surface area contributed by atoms with Gasteiger partial charge in [-0.3, -0.25) is 0 Å². The van der Waals surface area contributed by atoms with Crippen LogP contribution >= 0.6 is 11.3 Å². The summed E-state index contributed by atoms with van der Waals surface area (Å²) in [5.41, 5.74) is 1.32. The molecule has 2 unspecified atom stereocenters. The number of aryl methyl sites for hydroxylation is 1. The second kappa shape index (κ2) is 6.50. The Balaban J connectivity index is 1.83. The largest absolute Gasteiger partial charge is 0.486 e. The number of nitrogens with one attached hydrogen (secondary N) is 1. The summed E-state index contributed by atoms with van der Waals surface area (Å²) in [6.45, 7) is 5.89. The third kappa shape index (κ3) is 3.06. The monoisotopic (exact) mass is 303 g/mol. The SMILES string of the molecule is CCCNC(c1sccc1C)C1COc2ccccc2O1. The fourth-order valence-electron chi connectivity index (χ4n) is 2.60. The number of hydrogen-bond acceptors (Lipinski definition) is 4. The average molecular weight is 303 g/mol. The van der Waals surface area contributed by atoms with Crippen LogP contribution in [-0.2, 0) is 0 Å². The van der Waals surface area contributed by atoms with Gasteiger partial charge in [-0.15, -0.1) is 11.3 Å². The third-order valence-electron chi connectivity index (χ3n) is 3.70. The number of para-hydroxylation sites is 2. The van der Waals surface area contributed by atoms with Crippen molar-refractivity contribution in [3.63, 3.8) is 0 Å². The topological polar surface area (TPSA) is 30.5 Å². The van der Waals surface area contributed by atoms with Crippen LogP contribution in [0.1, 0.15) is 29.8 Å². The first-order chi connectivity index (χ1) is 10.3. The Morgan fingerprint density at radius 1 is 1.29 bits per heavy atom. The summed E-state index contributed by atoms with van der Waals surface area (Å²) in [7, 11) is 0. The van der Waals surface area contributed by atoms with Gasteiger partial charge in [0.25, 0.3) is 0 Å². The van der Waals surface area contributed by atoms with Crippen molar-refractivity contribution in [2.24, 2.45) is 0 Å². The van der Waals surface area contributed by atoms with Gasteiger partial charge in [0.15, 0.2) is 17.6 Å². The Kier molecular flexibility index (Phi) is 4.46. The van der Waals surface area contributed by atoms with Gasteiger partial charge in [0.1, 0.15) is 6.61 Å². The molecule has 2 atom stereocenters. The predicted molar refractivity (Wildman–Crippen MR) is 86.4 cm³/mol. The van der Waals surface area contributed by atoms with Gasteiger partial charge >= 0.3 is 0 Å². The van der Waals surface area contributed by atoms with Gasteiger partial charge in [0.05, 0.1) is 6.04 Å². The molecule has 112 valence electrons. The maximum absolute atomic E-state index is 6.19. The van der Waals surface area contributed by atoms with Crippen LogP contribution < -0.4 is 14.8 Å². The second-order valence-electron chi connectivity index (χ2n) is 5.31. The summed E-state index contributed by atoms with van der Waals surface area (Å²) >= 11 is 1.78. The summed E-state index contributed by atoms with van der Waals surface area (Å²) in [6.07, 6.45) is 1.11. The molecule has 2 heterocycles. The lowest BCUT2D eigenvalue weighted by Gasteiger charge is -2.32. The lowest BCUT2D eigenvalue weighted by molar-refractivity contribution is 0.0625. The molecule has 3 rings (SSSR count). The van der Waals surface area contributed by atoms with E-state index in [1.165, 1.54) is 10.4 Å². The van der Waals surface area contributed by atoms with E-state index in [0.29, 0.717) is 6.61 Å². The highest BCUT2D eigenvalue weighted by molar-refractivity contribution is 7.10. The van der Waals surface area contributed by atoms with Gasteiger partial charge in [0, 0.05) is 4.88 Å². The molecule has 0 saturated heterocycles. The lowest BCUT2D eigenvalue weighted by atomic mass is 10.1. The normalized spacial score (nSPS) is 18.5. The van der Waals surface area contributed by atoms with Gasteiger partial charge in [-0.25, -0.2) is 0 Å². The fraction of sp³-hybridized carbons (Fsp3) is 0.412. The Morgan fingerprint density at radius 3 is 2.81 bits per heavy atom. The number of rotatable bonds is 5. The Labute approximate surface area is 129 Å². The molecule has 1 aliphatic rings. The standard InChI is InChI=1S/C17H21NO2S/c1-3-9-18-16(17-12(2)8-10-21-17)15-11-19-13-6-4-5-7-14(13)20-15/h4-8,10,15-16,18H,3,9,11H2,1-2H3. The van der Waals surface area contributed by atoms with Crippen molar-refractivity contribution in [3.05, 3.63) is 46.2 Å². The zero-order chi connectivity index (χ0) is 14.7. The molecule has 0 saturated carbocycles. The minimum absolute atomic E-state index is 0.00352. The number of thiophene rings is 1. The van der Waals surface area contributed by atoms with Crippen LogP contribution in [0.3, 0.4) is 0 Å². The van der Waals surface area contributed by atoms with E-state index >= 15 is 0 Å². The maximum atomic E-state index is 6.19. The molecule has 0 spiro atoms. The number of hydrogen-bond donors (Lipinski definition) is 1. The molecule has 1 aromatic heterocycles. The average Bonchev–Trinajstić information content (AvgIpc) is 2.94. The van der Waals surface area contributed by atoms with Gasteiger partial charge in [0.2, 0.25) is 0 Å². The highest BCUT2D eigenvalue weighted by atomic mass is 32.1. The Hall–Kier alpha value is -1.52. The summed E-state index contributed by atoms with van der Waals surface area (Å²) in [5.74, 6) is 1.68. The first-order valence-corrected chi connectivity index (χ1v) is 8.33. The molecule has 0 aliphatic carbocycles. The molecule has 0 fully saturated rings. The predicted octanol–water partition coefficient (Wildman–Crippen LogP) is 3.94. The lowest BCUT2D eigenvalue weighted by Crippen LogP contribution is -2.41. The van der Waals surface area contributed by atoms with Gasteiger partial charge in [-0.1, -0.05) is 19.1 Å². The molecule has 2 aromatic rings. The van der Waals surface area contributed by atoms with E-state index in [9.17, 15) is 0 Å². The fourth-order valence-corrected chi connectivity index (χ4v) is 3.65. The van der Waals surface area contributed by atoms with Crippen LogP contribution in [0, 0.1) is 6.92 Å². The highest BCUT2D eigenvalue weighted by Crippen LogP contribution is 2.36. The molecule has 0 amide bonds. The molecule has 0 radical (unpaired) electrons. The van der Waals surface area contributed by atoms with Crippen LogP contribution in [0.25, 0.3) is 0 Å². The minimum Gasteiger partial charge on any atom is -0.486 e. The van der Waals surface area contributed by atoms with Crippen LogP contribution in [-0.4, -0.2) is 19.3 Å². The van der Waals surface area contributed by atoms with E-state index < -0.39 is 0 Å².